The zero-order valence-electron chi connectivity index (χ0n) is 12.2. The molecule has 0 bridgehead atoms. The molecule has 0 spiro atoms. The average molecular weight is 273 g/mol. The zero-order valence-corrected chi connectivity index (χ0v) is 12.2. The normalized spacial score (nSPS) is 26.5. The molecular formula is C16H23N3O. The van der Waals surface area contributed by atoms with Crippen molar-refractivity contribution in [1.82, 2.24) is 4.90 Å². The van der Waals surface area contributed by atoms with E-state index in [1.807, 2.05) is 18.2 Å². The van der Waals surface area contributed by atoms with Crippen LogP contribution in [0.4, 0.5) is 11.4 Å². The Morgan fingerprint density at radius 3 is 2.75 bits per heavy atom. The first kappa shape index (κ1) is 13.4. The summed E-state index contributed by atoms with van der Waals surface area (Å²) in [5.41, 5.74) is 1.94. The van der Waals surface area contributed by atoms with E-state index in [-0.39, 0.29) is 5.91 Å². The maximum atomic E-state index is 11.1. The lowest BCUT2D eigenvalue weighted by molar-refractivity contribution is -0.114. The van der Waals surface area contributed by atoms with Crippen molar-refractivity contribution in [3.63, 3.8) is 0 Å². The van der Waals surface area contributed by atoms with Crippen molar-refractivity contribution in [1.29, 1.82) is 0 Å². The molecule has 1 amide bonds. The summed E-state index contributed by atoms with van der Waals surface area (Å²) in [6.07, 6.45) is 3.94. The summed E-state index contributed by atoms with van der Waals surface area (Å²) in [6.45, 7) is 5.00. The van der Waals surface area contributed by atoms with E-state index < -0.39 is 0 Å². The van der Waals surface area contributed by atoms with Crippen LogP contribution in [0, 0.1) is 0 Å². The van der Waals surface area contributed by atoms with E-state index in [1.54, 1.807) is 0 Å². The largest absolute Gasteiger partial charge is 0.381 e. The quantitative estimate of drug-likeness (QED) is 0.886. The Kier molecular flexibility index (Phi) is 3.66. The van der Waals surface area contributed by atoms with Gasteiger partial charge in [-0.05, 0) is 44.4 Å². The molecule has 4 nitrogen and oxygen atoms in total. The van der Waals surface area contributed by atoms with Crippen LogP contribution in [-0.4, -0.2) is 35.5 Å². The molecule has 1 heterocycles. The smallest absolute Gasteiger partial charge is 0.221 e. The third-order valence-electron chi connectivity index (χ3n) is 4.19. The second-order valence-electron chi connectivity index (χ2n) is 6.12. The highest BCUT2D eigenvalue weighted by molar-refractivity contribution is 5.89. The van der Waals surface area contributed by atoms with Gasteiger partial charge in [0.2, 0.25) is 5.91 Å². The van der Waals surface area contributed by atoms with Gasteiger partial charge >= 0.3 is 0 Å². The summed E-state index contributed by atoms with van der Waals surface area (Å²) in [5.74, 6) is -0.0310. The predicted molar refractivity (Wildman–Crippen MR) is 82.0 cm³/mol. The average Bonchev–Trinajstić information content (AvgIpc) is 3.14. The lowest BCUT2D eigenvalue weighted by Gasteiger charge is -2.20. The van der Waals surface area contributed by atoms with Gasteiger partial charge in [0.15, 0.2) is 0 Å². The molecule has 2 fully saturated rings. The summed E-state index contributed by atoms with van der Waals surface area (Å²) in [5, 5.41) is 6.43. The lowest BCUT2D eigenvalue weighted by Crippen LogP contribution is -2.31. The number of anilines is 2. The van der Waals surface area contributed by atoms with E-state index in [0.29, 0.717) is 12.1 Å². The second kappa shape index (κ2) is 5.44. The molecule has 1 saturated heterocycles. The van der Waals surface area contributed by atoms with E-state index in [0.717, 1.165) is 24.0 Å². The van der Waals surface area contributed by atoms with Crippen LogP contribution >= 0.6 is 0 Å². The molecule has 1 aromatic carbocycles. The molecule has 1 saturated carbocycles. The van der Waals surface area contributed by atoms with Crippen molar-refractivity contribution in [3.05, 3.63) is 24.3 Å². The zero-order chi connectivity index (χ0) is 14.1. The molecule has 4 heteroatoms. The number of nitrogens with zero attached hydrogens (tertiary/aromatic N) is 1. The molecule has 2 N–H and O–H groups in total. The minimum atomic E-state index is -0.0310. The van der Waals surface area contributed by atoms with Crippen LogP contribution in [0.25, 0.3) is 0 Å². The Morgan fingerprint density at radius 1 is 1.30 bits per heavy atom. The van der Waals surface area contributed by atoms with E-state index >= 15 is 0 Å². The van der Waals surface area contributed by atoms with Gasteiger partial charge in [-0.2, -0.15) is 0 Å². The summed E-state index contributed by atoms with van der Waals surface area (Å²) < 4.78 is 0. The van der Waals surface area contributed by atoms with Crippen LogP contribution in [0.5, 0.6) is 0 Å². The third kappa shape index (κ3) is 3.12. The highest BCUT2D eigenvalue weighted by Gasteiger charge is 2.38. The molecule has 3 rings (SSSR count). The van der Waals surface area contributed by atoms with Crippen LogP contribution in [0.1, 0.15) is 33.1 Å². The number of amides is 1. The molecule has 0 aromatic heterocycles. The lowest BCUT2D eigenvalue weighted by atomic mass is 10.2. The van der Waals surface area contributed by atoms with Crippen LogP contribution in [-0.2, 0) is 4.79 Å². The van der Waals surface area contributed by atoms with Crippen molar-refractivity contribution in [2.75, 3.05) is 17.2 Å². The molecule has 2 unspecified atom stereocenters. The Labute approximate surface area is 120 Å². The molecule has 2 aliphatic rings. The summed E-state index contributed by atoms with van der Waals surface area (Å²) in [4.78, 5) is 13.7. The first-order valence-corrected chi connectivity index (χ1v) is 7.52. The first-order chi connectivity index (χ1) is 9.61. The minimum Gasteiger partial charge on any atom is -0.381 e. The molecule has 108 valence electrons. The van der Waals surface area contributed by atoms with Gasteiger partial charge in [0.05, 0.1) is 0 Å². The van der Waals surface area contributed by atoms with Gasteiger partial charge in [-0.3, -0.25) is 9.69 Å². The number of carbonyl (C=O) groups excluding carboxylic acids is 1. The Balaban J connectivity index is 1.61. The molecule has 1 aliphatic carbocycles. The number of carbonyl (C=O) groups is 1. The summed E-state index contributed by atoms with van der Waals surface area (Å²) in [6, 6.07) is 9.99. The number of rotatable bonds is 4. The summed E-state index contributed by atoms with van der Waals surface area (Å²) in [7, 11) is 0. The molecule has 0 radical (unpaired) electrons. The van der Waals surface area contributed by atoms with Gasteiger partial charge in [-0.25, -0.2) is 0 Å². The fourth-order valence-electron chi connectivity index (χ4n) is 3.20. The number of nitrogens with one attached hydrogen (secondary N) is 2. The van der Waals surface area contributed by atoms with Crippen LogP contribution < -0.4 is 10.6 Å². The fourth-order valence-corrected chi connectivity index (χ4v) is 3.20. The van der Waals surface area contributed by atoms with Crippen LogP contribution in [0.15, 0.2) is 24.3 Å². The van der Waals surface area contributed by atoms with Crippen molar-refractivity contribution < 1.29 is 4.79 Å². The van der Waals surface area contributed by atoms with Gasteiger partial charge in [-0.15, -0.1) is 0 Å². The van der Waals surface area contributed by atoms with Gasteiger partial charge in [0, 0.05) is 43.0 Å². The maximum absolute atomic E-state index is 11.1. The highest BCUT2D eigenvalue weighted by Crippen LogP contribution is 2.34. The number of benzene rings is 1. The van der Waals surface area contributed by atoms with E-state index in [9.17, 15) is 4.79 Å². The van der Waals surface area contributed by atoms with Gasteiger partial charge in [-0.1, -0.05) is 6.07 Å². The molecule has 2 atom stereocenters. The summed E-state index contributed by atoms with van der Waals surface area (Å²) >= 11 is 0. The second-order valence-corrected chi connectivity index (χ2v) is 6.12. The van der Waals surface area contributed by atoms with Crippen molar-refractivity contribution >= 4 is 17.3 Å². The molecular weight excluding hydrogens is 250 g/mol. The van der Waals surface area contributed by atoms with E-state index in [2.05, 4.69) is 28.5 Å². The third-order valence-corrected chi connectivity index (χ3v) is 4.19. The molecule has 1 aromatic rings. The van der Waals surface area contributed by atoms with Crippen LogP contribution in [0.3, 0.4) is 0 Å². The van der Waals surface area contributed by atoms with Crippen molar-refractivity contribution in [3.8, 4) is 0 Å². The van der Waals surface area contributed by atoms with Gasteiger partial charge < -0.3 is 10.6 Å². The Bertz CT molecular complexity index is 498. The van der Waals surface area contributed by atoms with Gasteiger partial charge in [0.25, 0.3) is 0 Å². The first-order valence-electron chi connectivity index (χ1n) is 7.52. The number of hydrogen-bond donors (Lipinski definition) is 2. The van der Waals surface area contributed by atoms with Crippen molar-refractivity contribution in [2.45, 2.75) is 51.2 Å². The van der Waals surface area contributed by atoms with E-state index in [1.165, 1.54) is 26.2 Å². The molecule has 1 aliphatic heterocycles. The standard InChI is InChI=1S/C16H23N3O/c1-11-8-15(10-19(11)16-6-7-16)18-14-5-3-4-13(9-14)17-12(2)20/h3-5,9,11,15-16,18H,6-8,10H2,1-2H3,(H,17,20). The monoisotopic (exact) mass is 273 g/mol. The maximum Gasteiger partial charge on any atom is 0.221 e. The number of hydrogen-bond acceptors (Lipinski definition) is 3. The van der Waals surface area contributed by atoms with Crippen molar-refractivity contribution in [2.24, 2.45) is 0 Å². The Hall–Kier alpha value is -1.55. The fraction of sp³-hybridized carbons (Fsp3) is 0.562. The number of likely N-dealkylation sites (tertiary alicyclic amines) is 1. The van der Waals surface area contributed by atoms with E-state index in [4.69, 9.17) is 0 Å². The highest BCUT2D eigenvalue weighted by atomic mass is 16.1. The van der Waals surface area contributed by atoms with Gasteiger partial charge in [0.1, 0.15) is 0 Å². The molecule has 20 heavy (non-hydrogen) atoms. The Morgan fingerprint density at radius 2 is 2.05 bits per heavy atom. The SMILES string of the molecule is CC(=O)Nc1cccc(NC2CC(C)N(C3CC3)C2)c1. The topological polar surface area (TPSA) is 44.4 Å². The van der Waals surface area contributed by atoms with Crippen LogP contribution in [0.2, 0.25) is 0 Å². The predicted octanol–water partition coefficient (Wildman–Crippen LogP) is 2.68. The minimum absolute atomic E-state index is 0.0310.